The number of nitrogens with zero attached hydrogens (tertiary/aromatic N) is 1. The minimum absolute atomic E-state index is 0.0785. The van der Waals surface area contributed by atoms with Crippen molar-refractivity contribution in [2.75, 3.05) is 0 Å². The van der Waals surface area contributed by atoms with Crippen LogP contribution in [0.15, 0.2) is 34.3 Å². The van der Waals surface area contributed by atoms with Crippen LogP contribution < -0.4 is 10.2 Å². The molecular formula is C10H11N3O3S2. The Bertz CT molecular complexity index is 703. The Morgan fingerprint density at radius 1 is 1.50 bits per heavy atom. The van der Waals surface area contributed by atoms with Gasteiger partial charge in [-0.1, -0.05) is 0 Å². The first-order chi connectivity index (χ1) is 8.49. The Balaban J connectivity index is 2.18. The lowest BCUT2D eigenvalue weighted by Crippen LogP contribution is -2.27. The highest BCUT2D eigenvalue weighted by Gasteiger charge is 2.17. The summed E-state index contributed by atoms with van der Waals surface area (Å²) in [5.41, 5.74) is -0.545. The van der Waals surface area contributed by atoms with E-state index in [9.17, 15) is 13.2 Å². The van der Waals surface area contributed by atoms with E-state index in [1.807, 2.05) is 6.92 Å². The van der Waals surface area contributed by atoms with Crippen LogP contribution in [-0.2, 0) is 16.6 Å². The fourth-order valence-electron chi connectivity index (χ4n) is 1.33. The summed E-state index contributed by atoms with van der Waals surface area (Å²) in [6, 6.07) is 1.17. The van der Waals surface area contributed by atoms with Gasteiger partial charge in [-0.2, -0.15) is 0 Å². The lowest BCUT2D eigenvalue weighted by atomic mass is 10.5. The maximum absolute atomic E-state index is 11.9. The molecule has 0 spiro atoms. The van der Waals surface area contributed by atoms with E-state index in [2.05, 4.69) is 14.7 Å². The molecule has 0 aromatic carbocycles. The van der Waals surface area contributed by atoms with E-state index in [1.54, 1.807) is 6.20 Å². The van der Waals surface area contributed by atoms with Crippen LogP contribution >= 0.6 is 11.3 Å². The van der Waals surface area contributed by atoms with Crippen molar-refractivity contribution in [1.29, 1.82) is 0 Å². The number of aromatic amines is 1. The quantitative estimate of drug-likeness (QED) is 0.861. The van der Waals surface area contributed by atoms with E-state index >= 15 is 0 Å². The second-order valence-corrected chi connectivity index (χ2v) is 6.62. The van der Waals surface area contributed by atoms with Gasteiger partial charge in [-0.05, 0) is 6.92 Å². The number of hydrogen-bond donors (Lipinski definition) is 2. The number of nitrogens with one attached hydrogen (secondary N) is 2. The number of H-pyrrole nitrogens is 1. The molecule has 0 saturated carbocycles. The minimum atomic E-state index is -3.81. The van der Waals surface area contributed by atoms with Crippen LogP contribution in [-0.4, -0.2) is 18.4 Å². The zero-order chi connectivity index (χ0) is 13.2. The smallest absolute Gasteiger partial charge is 0.246 e. The van der Waals surface area contributed by atoms with E-state index < -0.39 is 15.5 Å². The van der Waals surface area contributed by atoms with Gasteiger partial charge in [0.25, 0.3) is 0 Å². The van der Waals surface area contributed by atoms with Crippen LogP contribution in [0.2, 0.25) is 0 Å². The summed E-state index contributed by atoms with van der Waals surface area (Å²) in [7, 11) is -3.81. The summed E-state index contributed by atoms with van der Waals surface area (Å²) < 4.78 is 26.1. The summed E-state index contributed by atoms with van der Waals surface area (Å²) in [6.07, 6.45) is 4.22. The Morgan fingerprint density at radius 2 is 2.28 bits per heavy atom. The molecule has 0 atom stereocenters. The third-order valence-electron chi connectivity index (χ3n) is 2.16. The third kappa shape index (κ3) is 2.84. The van der Waals surface area contributed by atoms with Crippen molar-refractivity contribution in [2.45, 2.75) is 18.4 Å². The molecule has 96 valence electrons. The minimum Gasteiger partial charge on any atom is -0.366 e. The normalized spacial score (nSPS) is 11.6. The molecule has 2 heterocycles. The van der Waals surface area contributed by atoms with E-state index in [-0.39, 0.29) is 11.4 Å². The van der Waals surface area contributed by atoms with Gasteiger partial charge in [0.05, 0.1) is 6.54 Å². The van der Waals surface area contributed by atoms with Crippen molar-refractivity contribution in [3.8, 4) is 0 Å². The first-order valence-electron chi connectivity index (χ1n) is 5.07. The lowest BCUT2D eigenvalue weighted by Gasteiger charge is -2.03. The predicted molar refractivity (Wildman–Crippen MR) is 67.9 cm³/mol. The van der Waals surface area contributed by atoms with Gasteiger partial charge in [0.2, 0.25) is 15.5 Å². The second-order valence-electron chi connectivity index (χ2n) is 3.56. The standard InChI is InChI=1S/C10H11N3O3S2/c1-7-4-12-10(17-7)6-13-18(15,16)9-5-11-3-2-8(9)14/h2-5,13H,6H2,1H3,(H,11,14). The monoisotopic (exact) mass is 285 g/mol. The van der Waals surface area contributed by atoms with Gasteiger partial charge in [-0.25, -0.2) is 18.1 Å². The van der Waals surface area contributed by atoms with E-state index in [0.29, 0.717) is 5.01 Å². The highest BCUT2D eigenvalue weighted by atomic mass is 32.2. The van der Waals surface area contributed by atoms with Crippen LogP contribution in [0.3, 0.4) is 0 Å². The number of pyridine rings is 1. The Morgan fingerprint density at radius 3 is 2.89 bits per heavy atom. The van der Waals surface area contributed by atoms with Gasteiger partial charge in [-0.3, -0.25) is 4.79 Å². The summed E-state index contributed by atoms with van der Waals surface area (Å²) in [4.78, 5) is 18.8. The summed E-state index contributed by atoms with van der Waals surface area (Å²) in [5, 5.41) is 0.656. The van der Waals surface area contributed by atoms with Gasteiger partial charge >= 0.3 is 0 Å². The van der Waals surface area contributed by atoms with Gasteiger partial charge in [0.15, 0.2) is 0 Å². The molecule has 0 fully saturated rings. The van der Waals surface area contributed by atoms with Crippen molar-refractivity contribution in [1.82, 2.24) is 14.7 Å². The Labute approximate surface area is 108 Å². The number of aryl methyl sites for hydroxylation is 1. The molecule has 2 aromatic rings. The molecule has 8 heteroatoms. The number of aromatic nitrogens is 2. The zero-order valence-corrected chi connectivity index (χ0v) is 11.1. The number of thiazole rings is 1. The average Bonchev–Trinajstić information content (AvgIpc) is 2.73. The number of sulfonamides is 1. The summed E-state index contributed by atoms with van der Waals surface area (Å²) in [6.45, 7) is 1.97. The molecule has 0 aliphatic rings. The first kappa shape index (κ1) is 12.9. The summed E-state index contributed by atoms with van der Waals surface area (Å²) >= 11 is 1.40. The van der Waals surface area contributed by atoms with Crippen molar-refractivity contribution in [2.24, 2.45) is 0 Å². The molecule has 0 aliphatic heterocycles. The number of rotatable bonds is 4. The summed E-state index contributed by atoms with van der Waals surface area (Å²) in [5.74, 6) is 0. The zero-order valence-electron chi connectivity index (χ0n) is 9.50. The average molecular weight is 285 g/mol. The predicted octanol–water partition coefficient (Wildman–Crippen LogP) is 0.618. The number of hydrogen-bond acceptors (Lipinski definition) is 5. The first-order valence-corrected chi connectivity index (χ1v) is 7.37. The molecule has 0 unspecified atom stereocenters. The van der Waals surface area contributed by atoms with E-state index in [4.69, 9.17) is 0 Å². The third-order valence-corrected chi connectivity index (χ3v) is 4.50. The molecule has 0 bridgehead atoms. The molecule has 6 nitrogen and oxygen atoms in total. The fraction of sp³-hybridized carbons (Fsp3) is 0.200. The van der Waals surface area contributed by atoms with Crippen molar-refractivity contribution >= 4 is 21.4 Å². The van der Waals surface area contributed by atoms with Gasteiger partial charge in [0.1, 0.15) is 9.90 Å². The van der Waals surface area contributed by atoms with E-state index in [1.165, 1.54) is 23.6 Å². The molecule has 18 heavy (non-hydrogen) atoms. The molecule has 0 radical (unpaired) electrons. The van der Waals surface area contributed by atoms with Crippen molar-refractivity contribution in [3.63, 3.8) is 0 Å². The highest BCUT2D eigenvalue weighted by molar-refractivity contribution is 7.89. The van der Waals surface area contributed by atoms with Crippen LogP contribution in [0.5, 0.6) is 0 Å². The maximum atomic E-state index is 11.9. The highest BCUT2D eigenvalue weighted by Crippen LogP contribution is 2.11. The molecule has 2 rings (SSSR count). The van der Waals surface area contributed by atoms with Gasteiger partial charge in [0, 0.05) is 29.5 Å². The molecule has 0 saturated heterocycles. The second kappa shape index (κ2) is 5.01. The fourth-order valence-corrected chi connectivity index (χ4v) is 3.19. The van der Waals surface area contributed by atoms with Gasteiger partial charge in [-0.15, -0.1) is 11.3 Å². The topological polar surface area (TPSA) is 91.9 Å². The van der Waals surface area contributed by atoms with Crippen molar-refractivity contribution < 1.29 is 8.42 Å². The van der Waals surface area contributed by atoms with Crippen molar-refractivity contribution in [3.05, 3.63) is 44.8 Å². The van der Waals surface area contributed by atoms with Crippen LogP contribution in [0.25, 0.3) is 0 Å². The van der Waals surface area contributed by atoms with Crippen LogP contribution in [0.4, 0.5) is 0 Å². The van der Waals surface area contributed by atoms with Crippen LogP contribution in [0.1, 0.15) is 9.88 Å². The molecule has 0 aliphatic carbocycles. The van der Waals surface area contributed by atoms with Crippen LogP contribution in [0, 0.1) is 6.92 Å². The Hall–Kier alpha value is -1.51. The molecule has 2 N–H and O–H groups in total. The van der Waals surface area contributed by atoms with E-state index in [0.717, 1.165) is 11.1 Å². The Kier molecular flexibility index (Phi) is 3.60. The molecule has 0 amide bonds. The molecule has 2 aromatic heterocycles. The lowest BCUT2D eigenvalue weighted by molar-refractivity contribution is 0.580. The maximum Gasteiger partial charge on any atom is 0.246 e. The molecular weight excluding hydrogens is 274 g/mol. The SMILES string of the molecule is Cc1cnc(CNS(=O)(=O)c2c[nH]ccc2=O)s1. The van der Waals surface area contributed by atoms with Gasteiger partial charge < -0.3 is 4.98 Å². The largest absolute Gasteiger partial charge is 0.366 e.